The number of hydrogen-bond donors (Lipinski definition) is 1. The van der Waals surface area contributed by atoms with Crippen molar-refractivity contribution in [3.05, 3.63) is 0 Å². The SMILES string of the molecule is COC(CN(C)C(CC(C)(C)C)C(N)=O)OC. The molecule has 0 spiro atoms. The standard InChI is InChI=1S/C12H26N2O3/c1-12(2,3)7-9(11(13)15)14(4)8-10(16-5)17-6/h9-10H,7-8H2,1-6H3,(H2,13,15). The summed E-state index contributed by atoms with van der Waals surface area (Å²) in [5.74, 6) is -0.312. The monoisotopic (exact) mass is 246 g/mol. The van der Waals surface area contributed by atoms with Crippen LogP contribution >= 0.6 is 0 Å². The van der Waals surface area contributed by atoms with Crippen molar-refractivity contribution in [1.82, 2.24) is 4.90 Å². The fraction of sp³-hybridized carbons (Fsp3) is 0.917. The predicted octanol–water partition coefficient (Wildman–Crippen LogP) is 0.827. The van der Waals surface area contributed by atoms with Crippen LogP contribution < -0.4 is 5.73 Å². The topological polar surface area (TPSA) is 64.8 Å². The van der Waals surface area contributed by atoms with Crippen LogP contribution in [0.4, 0.5) is 0 Å². The van der Waals surface area contributed by atoms with E-state index in [1.807, 2.05) is 11.9 Å². The van der Waals surface area contributed by atoms with Crippen molar-refractivity contribution in [2.75, 3.05) is 27.8 Å². The third-order valence-corrected chi connectivity index (χ3v) is 2.63. The van der Waals surface area contributed by atoms with Gasteiger partial charge < -0.3 is 15.2 Å². The van der Waals surface area contributed by atoms with Gasteiger partial charge in [0, 0.05) is 20.8 Å². The van der Waals surface area contributed by atoms with Crippen molar-refractivity contribution < 1.29 is 14.3 Å². The number of ether oxygens (including phenoxy) is 2. The first-order valence-corrected chi connectivity index (χ1v) is 5.76. The van der Waals surface area contributed by atoms with Crippen LogP contribution in [0.2, 0.25) is 0 Å². The lowest BCUT2D eigenvalue weighted by molar-refractivity contribution is -0.133. The molecule has 0 radical (unpaired) electrons. The van der Waals surface area contributed by atoms with Gasteiger partial charge in [-0.15, -0.1) is 0 Å². The molecule has 0 aromatic carbocycles. The Morgan fingerprint density at radius 2 is 1.76 bits per heavy atom. The summed E-state index contributed by atoms with van der Waals surface area (Å²) < 4.78 is 10.2. The van der Waals surface area contributed by atoms with Gasteiger partial charge in [-0.3, -0.25) is 9.69 Å². The van der Waals surface area contributed by atoms with Crippen molar-refractivity contribution in [2.45, 2.75) is 39.5 Å². The maximum Gasteiger partial charge on any atom is 0.234 e. The molecule has 102 valence electrons. The normalized spacial score (nSPS) is 14.4. The highest BCUT2D eigenvalue weighted by Crippen LogP contribution is 2.23. The van der Waals surface area contributed by atoms with E-state index in [1.165, 1.54) is 0 Å². The number of likely N-dealkylation sites (N-methyl/N-ethyl adjacent to an activating group) is 1. The van der Waals surface area contributed by atoms with E-state index in [2.05, 4.69) is 20.8 Å². The van der Waals surface area contributed by atoms with E-state index in [-0.39, 0.29) is 23.7 Å². The van der Waals surface area contributed by atoms with Crippen LogP contribution in [0.5, 0.6) is 0 Å². The largest absolute Gasteiger partial charge is 0.368 e. The molecule has 0 saturated carbocycles. The molecule has 1 amide bonds. The van der Waals surface area contributed by atoms with Gasteiger partial charge in [-0.25, -0.2) is 0 Å². The molecule has 17 heavy (non-hydrogen) atoms. The number of amides is 1. The summed E-state index contributed by atoms with van der Waals surface area (Å²) in [5, 5.41) is 0. The predicted molar refractivity (Wildman–Crippen MR) is 67.5 cm³/mol. The number of nitrogens with zero attached hydrogens (tertiary/aromatic N) is 1. The Bertz CT molecular complexity index is 234. The van der Waals surface area contributed by atoms with Crippen molar-refractivity contribution >= 4 is 5.91 Å². The number of carbonyl (C=O) groups excluding carboxylic acids is 1. The van der Waals surface area contributed by atoms with Crippen molar-refractivity contribution in [3.63, 3.8) is 0 Å². The van der Waals surface area contributed by atoms with Gasteiger partial charge in [-0.2, -0.15) is 0 Å². The average molecular weight is 246 g/mol. The number of carbonyl (C=O) groups is 1. The molecule has 1 unspecified atom stereocenters. The first-order chi connectivity index (χ1) is 7.71. The highest BCUT2D eigenvalue weighted by molar-refractivity contribution is 5.79. The summed E-state index contributed by atoms with van der Waals surface area (Å²) in [5.41, 5.74) is 5.49. The fourth-order valence-electron chi connectivity index (χ4n) is 1.66. The minimum absolute atomic E-state index is 0.0452. The van der Waals surface area contributed by atoms with Gasteiger partial charge in [0.2, 0.25) is 5.91 Å². The first-order valence-electron chi connectivity index (χ1n) is 5.76. The summed E-state index contributed by atoms with van der Waals surface area (Å²) >= 11 is 0. The molecule has 0 heterocycles. The average Bonchev–Trinajstić information content (AvgIpc) is 2.20. The van der Waals surface area contributed by atoms with Crippen LogP contribution in [0.15, 0.2) is 0 Å². The lowest BCUT2D eigenvalue weighted by atomic mass is 9.87. The molecule has 0 saturated heterocycles. The molecule has 0 bridgehead atoms. The Morgan fingerprint density at radius 1 is 1.29 bits per heavy atom. The molecule has 0 aliphatic heterocycles. The van der Waals surface area contributed by atoms with E-state index in [9.17, 15) is 4.79 Å². The Labute approximate surface area is 104 Å². The summed E-state index contributed by atoms with van der Waals surface area (Å²) in [6.07, 6.45) is 0.362. The van der Waals surface area contributed by atoms with Crippen LogP contribution in [0.3, 0.4) is 0 Å². The number of primary amides is 1. The third-order valence-electron chi connectivity index (χ3n) is 2.63. The van der Waals surface area contributed by atoms with Crippen LogP contribution in [0.1, 0.15) is 27.2 Å². The van der Waals surface area contributed by atoms with E-state index in [1.54, 1.807) is 14.2 Å². The van der Waals surface area contributed by atoms with E-state index in [0.717, 1.165) is 0 Å². The van der Waals surface area contributed by atoms with E-state index >= 15 is 0 Å². The van der Waals surface area contributed by atoms with Gasteiger partial charge in [0.1, 0.15) is 0 Å². The lowest BCUT2D eigenvalue weighted by Crippen LogP contribution is -2.47. The van der Waals surface area contributed by atoms with Gasteiger partial charge in [0.25, 0.3) is 0 Å². The van der Waals surface area contributed by atoms with Crippen molar-refractivity contribution in [2.24, 2.45) is 11.1 Å². The summed E-state index contributed by atoms with van der Waals surface area (Å²) in [7, 11) is 5.00. The van der Waals surface area contributed by atoms with E-state index in [0.29, 0.717) is 13.0 Å². The van der Waals surface area contributed by atoms with Gasteiger partial charge >= 0.3 is 0 Å². The molecule has 1 atom stereocenters. The zero-order valence-corrected chi connectivity index (χ0v) is 11.8. The highest BCUT2D eigenvalue weighted by atomic mass is 16.7. The maximum absolute atomic E-state index is 11.5. The molecule has 0 aliphatic rings. The Balaban J connectivity index is 4.55. The van der Waals surface area contributed by atoms with Crippen molar-refractivity contribution in [3.8, 4) is 0 Å². The third kappa shape index (κ3) is 6.61. The summed E-state index contributed by atoms with van der Waals surface area (Å²) in [4.78, 5) is 13.4. The van der Waals surface area contributed by atoms with Gasteiger partial charge in [0.05, 0.1) is 6.04 Å². The molecule has 5 heteroatoms. The van der Waals surface area contributed by atoms with Gasteiger partial charge in [-0.1, -0.05) is 20.8 Å². The summed E-state index contributed by atoms with van der Waals surface area (Å²) in [6.45, 7) is 6.76. The van der Waals surface area contributed by atoms with Crippen molar-refractivity contribution in [1.29, 1.82) is 0 Å². The highest BCUT2D eigenvalue weighted by Gasteiger charge is 2.28. The van der Waals surface area contributed by atoms with Crippen LogP contribution in [0, 0.1) is 5.41 Å². The molecule has 5 nitrogen and oxygen atoms in total. The smallest absolute Gasteiger partial charge is 0.234 e. The lowest BCUT2D eigenvalue weighted by Gasteiger charge is -2.32. The van der Waals surface area contributed by atoms with Gasteiger partial charge in [-0.05, 0) is 18.9 Å². The number of methoxy groups -OCH3 is 2. The Hall–Kier alpha value is -0.650. The molecular weight excluding hydrogens is 220 g/mol. The Kier molecular flexibility index (Phi) is 6.67. The zero-order chi connectivity index (χ0) is 13.6. The second kappa shape index (κ2) is 6.93. The molecule has 0 aliphatic carbocycles. The molecule has 0 rings (SSSR count). The van der Waals surface area contributed by atoms with Crippen LogP contribution in [-0.4, -0.2) is 51.0 Å². The minimum atomic E-state index is -0.346. The molecule has 0 aromatic rings. The van der Waals surface area contributed by atoms with E-state index in [4.69, 9.17) is 15.2 Å². The summed E-state index contributed by atoms with van der Waals surface area (Å²) in [6, 6.07) is -0.303. The molecular formula is C12H26N2O3. The number of hydrogen-bond acceptors (Lipinski definition) is 4. The zero-order valence-electron chi connectivity index (χ0n) is 11.8. The number of nitrogens with two attached hydrogens (primary N) is 1. The quantitative estimate of drug-likeness (QED) is 0.676. The first kappa shape index (κ1) is 16.4. The molecule has 0 aromatic heterocycles. The number of rotatable bonds is 7. The van der Waals surface area contributed by atoms with E-state index < -0.39 is 0 Å². The second-order valence-electron chi connectivity index (χ2n) is 5.52. The van der Waals surface area contributed by atoms with Crippen LogP contribution in [-0.2, 0) is 14.3 Å². The maximum atomic E-state index is 11.5. The second-order valence-corrected chi connectivity index (χ2v) is 5.52. The van der Waals surface area contributed by atoms with Crippen LogP contribution in [0.25, 0.3) is 0 Å². The molecule has 0 fully saturated rings. The Morgan fingerprint density at radius 3 is 2.06 bits per heavy atom. The molecule has 2 N–H and O–H groups in total. The minimum Gasteiger partial charge on any atom is -0.368 e. The fourth-order valence-corrected chi connectivity index (χ4v) is 1.66. The van der Waals surface area contributed by atoms with Gasteiger partial charge in [0.15, 0.2) is 6.29 Å².